The van der Waals surface area contributed by atoms with Crippen molar-refractivity contribution in [3.63, 3.8) is 0 Å². The molecule has 5 heteroatoms. The van der Waals surface area contributed by atoms with Crippen LogP contribution in [0.1, 0.15) is 12.0 Å². The Labute approximate surface area is 115 Å². The minimum absolute atomic E-state index is 0.0732. The van der Waals surface area contributed by atoms with Gasteiger partial charge in [0, 0.05) is 12.3 Å². The van der Waals surface area contributed by atoms with Crippen LogP contribution in [0.4, 0.5) is 0 Å². The Morgan fingerprint density at radius 3 is 2.84 bits per heavy atom. The lowest BCUT2D eigenvalue weighted by Crippen LogP contribution is -2.44. The molecule has 2 aliphatic heterocycles. The molecule has 1 atom stereocenters. The predicted molar refractivity (Wildman–Crippen MR) is 74.9 cm³/mol. The maximum atomic E-state index is 12.2. The van der Waals surface area contributed by atoms with Crippen LogP contribution in [-0.2, 0) is 16.0 Å². The van der Waals surface area contributed by atoms with Gasteiger partial charge in [0.2, 0.25) is 5.91 Å². The van der Waals surface area contributed by atoms with Gasteiger partial charge in [0.1, 0.15) is 5.92 Å². The molecule has 0 aliphatic carbocycles. The summed E-state index contributed by atoms with van der Waals surface area (Å²) in [6.07, 6.45) is 1.27. The van der Waals surface area contributed by atoms with Crippen molar-refractivity contribution in [2.24, 2.45) is 10.9 Å². The predicted octanol–water partition coefficient (Wildman–Crippen LogP) is 1.71. The van der Waals surface area contributed by atoms with E-state index in [1.807, 2.05) is 30.3 Å². The number of amides is 2. The van der Waals surface area contributed by atoms with Crippen LogP contribution < -0.4 is 0 Å². The lowest BCUT2D eigenvalue weighted by molar-refractivity contribution is -0.139. The second kappa shape index (κ2) is 5.17. The first-order valence-electron chi connectivity index (χ1n) is 6.36. The van der Waals surface area contributed by atoms with Gasteiger partial charge in [-0.1, -0.05) is 42.1 Å². The third kappa shape index (κ3) is 2.42. The number of hydrogen-bond donors (Lipinski definition) is 0. The van der Waals surface area contributed by atoms with Crippen LogP contribution in [-0.4, -0.2) is 34.2 Å². The fraction of sp³-hybridized carbons (Fsp3) is 0.357. The number of thioether (sulfide) groups is 1. The summed E-state index contributed by atoms with van der Waals surface area (Å²) in [5.74, 6) is -0.108. The van der Waals surface area contributed by atoms with Gasteiger partial charge in [0.15, 0.2) is 5.17 Å². The first-order chi connectivity index (χ1) is 9.25. The SMILES string of the molecule is O=C1N=C2SCCN2C(=O)[C@@H]1CCc1ccccc1. The third-order valence-corrected chi connectivity index (χ3v) is 4.37. The molecule has 3 rings (SSSR count). The van der Waals surface area contributed by atoms with E-state index in [1.54, 1.807) is 4.90 Å². The molecular formula is C14H14N2O2S. The molecule has 4 nitrogen and oxygen atoms in total. The quantitative estimate of drug-likeness (QED) is 0.788. The van der Waals surface area contributed by atoms with E-state index in [2.05, 4.69) is 4.99 Å². The molecular weight excluding hydrogens is 260 g/mol. The number of nitrogens with zero attached hydrogens (tertiary/aromatic N) is 2. The number of aliphatic imine (C=N–C) groups is 1. The molecule has 0 bridgehead atoms. The van der Waals surface area contributed by atoms with E-state index in [9.17, 15) is 9.59 Å². The van der Waals surface area contributed by atoms with E-state index in [0.29, 0.717) is 18.1 Å². The van der Waals surface area contributed by atoms with Crippen molar-refractivity contribution < 1.29 is 9.59 Å². The van der Waals surface area contributed by atoms with Crippen molar-refractivity contribution in [3.8, 4) is 0 Å². The van der Waals surface area contributed by atoms with Crippen LogP contribution in [0.5, 0.6) is 0 Å². The number of aryl methyl sites for hydroxylation is 1. The Morgan fingerprint density at radius 1 is 1.26 bits per heavy atom. The lowest BCUT2D eigenvalue weighted by Gasteiger charge is -2.25. The summed E-state index contributed by atoms with van der Waals surface area (Å²) in [5, 5.41) is 0.589. The average Bonchev–Trinajstić information content (AvgIpc) is 2.88. The summed E-state index contributed by atoms with van der Waals surface area (Å²) in [7, 11) is 0. The van der Waals surface area contributed by atoms with Gasteiger partial charge in [-0.2, -0.15) is 4.99 Å². The minimum atomic E-state index is -0.595. The van der Waals surface area contributed by atoms with Gasteiger partial charge in [-0.3, -0.25) is 14.5 Å². The highest BCUT2D eigenvalue weighted by Crippen LogP contribution is 2.27. The van der Waals surface area contributed by atoms with Crippen LogP contribution in [0.2, 0.25) is 0 Å². The number of benzene rings is 1. The molecule has 0 spiro atoms. The monoisotopic (exact) mass is 274 g/mol. The van der Waals surface area contributed by atoms with Crippen LogP contribution in [0.15, 0.2) is 35.3 Å². The molecule has 98 valence electrons. The zero-order chi connectivity index (χ0) is 13.2. The highest BCUT2D eigenvalue weighted by Gasteiger charge is 2.39. The molecule has 19 heavy (non-hydrogen) atoms. The zero-order valence-corrected chi connectivity index (χ0v) is 11.2. The lowest BCUT2D eigenvalue weighted by atomic mass is 9.96. The van der Waals surface area contributed by atoms with Crippen molar-refractivity contribution in [1.29, 1.82) is 0 Å². The Hall–Kier alpha value is -1.62. The number of hydrogen-bond acceptors (Lipinski definition) is 3. The summed E-state index contributed by atoms with van der Waals surface area (Å²) < 4.78 is 0. The fourth-order valence-electron chi connectivity index (χ4n) is 2.37. The largest absolute Gasteiger partial charge is 0.290 e. The van der Waals surface area contributed by atoms with E-state index in [4.69, 9.17) is 0 Å². The Balaban J connectivity index is 1.71. The van der Waals surface area contributed by atoms with Crippen molar-refractivity contribution in [2.75, 3.05) is 12.3 Å². The first-order valence-corrected chi connectivity index (χ1v) is 7.35. The molecule has 1 aromatic carbocycles. The van der Waals surface area contributed by atoms with E-state index in [1.165, 1.54) is 11.8 Å². The second-order valence-electron chi connectivity index (χ2n) is 4.65. The van der Waals surface area contributed by atoms with Gasteiger partial charge in [0.05, 0.1) is 0 Å². The van der Waals surface area contributed by atoms with Crippen LogP contribution in [0, 0.1) is 5.92 Å². The van der Waals surface area contributed by atoms with Gasteiger partial charge in [-0.05, 0) is 18.4 Å². The summed E-state index contributed by atoms with van der Waals surface area (Å²) in [4.78, 5) is 29.9. The van der Waals surface area contributed by atoms with Gasteiger partial charge >= 0.3 is 0 Å². The molecule has 0 N–H and O–H groups in total. The van der Waals surface area contributed by atoms with E-state index in [0.717, 1.165) is 17.7 Å². The smallest absolute Gasteiger partial charge is 0.260 e. The molecule has 1 saturated heterocycles. The Kier molecular flexibility index (Phi) is 3.38. The van der Waals surface area contributed by atoms with Crippen molar-refractivity contribution in [2.45, 2.75) is 12.8 Å². The summed E-state index contributed by atoms with van der Waals surface area (Å²) >= 11 is 1.48. The van der Waals surface area contributed by atoms with Gasteiger partial charge in [0.25, 0.3) is 5.91 Å². The molecule has 2 amide bonds. The first kappa shape index (κ1) is 12.4. The second-order valence-corrected chi connectivity index (χ2v) is 5.71. The standard InChI is InChI=1S/C14H14N2O2S/c17-12-11(7-6-10-4-2-1-3-5-10)13(18)16-8-9-19-14(16)15-12/h1-5,11H,6-9H2/t11-/m1/s1. The van der Waals surface area contributed by atoms with Gasteiger partial charge in [-0.15, -0.1) is 0 Å². The topological polar surface area (TPSA) is 49.7 Å². The summed E-state index contributed by atoms with van der Waals surface area (Å²) in [6.45, 7) is 0.678. The molecule has 1 fully saturated rings. The van der Waals surface area contributed by atoms with Crippen molar-refractivity contribution >= 4 is 28.7 Å². The number of amidine groups is 1. The summed E-state index contributed by atoms with van der Waals surface area (Å²) in [6, 6.07) is 9.91. The van der Waals surface area contributed by atoms with Crippen molar-refractivity contribution in [1.82, 2.24) is 4.90 Å². The van der Waals surface area contributed by atoms with Crippen LogP contribution in [0.3, 0.4) is 0 Å². The van der Waals surface area contributed by atoms with Crippen LogP contribution >= 0.6 is 11.8 Å². The molecule has 0 saturated carbocycles. The average molecular weight is 274 g/mol. The molecule has 0 aromatic heterocycles. The van der Waals surface area contributed by atoms with Gasteiger partial charge in [-0.25, -0.2) is 0 Å². The minimum Gasteiger partial charge on any atom is -0.290 e. The molecule has 0 unspecified atom stereocenters. The molecule has 2 aliphatic rings. The number of fused-ring (bicyclic) bond motifs is 1. The van der Waals surface area contributed by atoms with E-state index in [-0.39, 0.29) is 11.8 Å². The Bertz CT molecular complexity index is 542. The van der Waals surface area contributed by atoms with Gasteiger partial charge < -0.3 is 0 Å². The number of carbonyl (C=O) groups excluding carboxylic acids is 2. The molecule has 1 aromatic rings. The zero-order valence-electron chi connectivity index (χ0n) is 10.4. The highest BCUT2D eigenvalue weighted by atomic mass is 32.2. The third-order valence-electron chi connectivity index (χ3n) is 3.41. The number of rotatable bonds is 3. The fourth-order valence-corrected chi connectivity index (χ4v) is 3.32. The van der Waals surface area contributed by atoms with Crippen LogP contribution in [0.25, 0.3) is 0 Å². The Morgan fingerprint density at radius 2 is 2.05 bits per heavy atom. The molecule has 0 radical (unpaired) electrons. The normalized spacial score (nSPS) is 22.4. The molecule has 2 heterocycles. The highest BCUT2D eigenvalue weighted by molar-refractivity contribution is 8.14. The maximum absolute atomic E-state index is 12.2. The maximum Gasteiger partial charge on any atom is 0.260 e. The van der Waals surface area contributed by atoms with Crippen molar-refractivity contribution in [3.05, 3.63) is 35.9 Å². The summed E-state index contributed by atoms with van der Waals surface area (Å²) in [5.41, 5.74) is 1.15. The number of carbonyl (C=O) groups is 2. The van der Waals surface area contributed by atoms with E-state index >= 15 is 0 Å². The van der Waals surface area contributed by atoms with E-state index < -0.39 is 5.92 Å².